The predicted octanol–water partition coefficient (Wildman–Crippen LogP) is 2.72. The van der Waals surface area contributed by atoms with Crippen LogP contribution in [0.5, 0.6) is 0 Å². The summed E-state index contributed by atoms with van der Waals surface area (Å²) >= 11 is 6.11. The Kier molecular flexibility index (Phi) is 2.11. The van der Waals surface area contributed by atoms with Crippen molar-refractivity contribution in [3.63, 3.8) is 0 Å². The maximum absolute atomic E-state index is 8.82. The van der Waals surface area contributed by atoms with Gasteiger partial charge in [0.25, 0.3) is 0 Å². The molecule has 12 heavy (non-hydrogen) atoms. The van der Waals surface area contributed by atoms with Gasteiger partial charge in [-0.05, 0) is 31.1 Å². The molecule has 2 aliphatic rings. The van der Waals surface area contributed by atoms with E-state index in [0.717, 1.165) is 12.8 Å². The van der Waals surface area contributed by atoms with Crippen LogP contribution >= 0.6 is 11.6 Å². The molecule has 4 atom stereocenters. The number of fused-ring (bicyclic) bond motifs is 2. The van der Waals surface area contributed by atoms with Gasteiger partial charge in [-0.25, -0.2) is 0 Å². The van der Waals surface area contributed by atoms with Crippen LogP contribution in [0.15, 0.2) is 12.2 Å². The topological polar surface area (TPSA) is 23.8 Å². The first-order valence-corrected chi connectivity index (χ1v) is 4.95. The monoisotopic (exact) mass is 181 g/mol. The Labute approximate surface area is 78.0 Å². The van der Waals surface area contributed by atoms with Crippen molar-refractivity contribution in [2.75, 3.05) is 0 Å². The quantitative estimate of drug-likeness (QED) is 0.417. The molecule has 1 saturated carbocycles. The van der Waals surface area contributed by atoms with Crippen LogP contribution in [-0.4, -0.2) is 5.38 Å². The molecule has 0 aromatic carbocycles. The van der Waals surface area contributed by atoms with E-state index in [-0.39, 0.29) is 11.3 Å². The Bertz CT molecular complexity index is 241. The first kappa shape index (κ1) is 8.13. The van der Waals surface area contributed by atoms with Crippen molar-refractivity contribution in [3.05, 3.63) is 12.2 Å². The third-order valence-electron chi connectivity index (χ3n) is 2.98. The second-order valence-corrected chi connectivity index (χ2v) is 4.39. The Balaban J connectivity index is 2.14. The van der Waals surface area contributed by atoms with Gasteiger partial charge in [-0.2, -0.15) is 5.26 Å². The highest BCUT2D eigenvalue weighted by Gasteiger charge is 2.33. The minimum absolute atomic E-state index is 0.178. The molecule has 2 heteroatoms. The molecule has 0 aliphatic heterocycles. The molecule has 4 unspecified atom stereocenters. The fourth-order valence-electron chi connectivity index (χ4n) is 2.35. The molecule has 64 valence electrons. The Morgan fingerprint density at radius 3 is 2.83 bits per heavy atom. The van der Waals surface area contributed by atoms with Crippen molar-refractivity contribution in [1.82, 2.24) is 0 Å². The molecule has 0 spiro atoms. The third kappa shape index (κ3) is 1.36. The SMILES string of the molecule is N#CC1CC2C=CC(Cl)C(C1)C2. The van der Waals surface area contributed by atoms with Gasteiger partial charge in [-0.1, -0.05) is 12.2 Å². The molecule has 0 saturated heterocycles. The molecule has 2 bridgehead atoms. The number of hydrogen-bond donors (Lipinski definition) is 0. The van der Waals surface area contributed by atoms with E-state index >= 15 is 0 Å². The predicted molar refractivity (Wildman–Crippen MR) is 48.7 cm³/mol. The first-order valence-electron chi connectivity index (χ1n) is 4.51. The van der Waals surface area contributed by atoms with Gasteiger partial charge in [0.1, 0.15) is 0 Å². The highest BCUT2D eigenvalue weighted by atomic mass is 35.5. The van der Waals surface area contributed by atoms with E-state index in [2.05, 4.69) is 18.2 Å². The van der Waals surface area contributed by atoms with E-state index in [9.17, 15) is 0 Å². The molecule has 2 rings (SSSR count). The maximum Gasteiger partial charge on any atom is 0.0656 e. The largest absolute Gasteiger partial charge is 0.198 e. The van der Waals surface area contributed by atoms with E-state index in [4.69, 9.17) is 16.9 Å². The average Bonchev–Trinajstić information content (AvgIpc) is 2.12. The van der Waals surface area contributed by atoms with Crippen molar-refractivity contribution < 1.29 is 0 Å². The lowest BCUT2D eigenvalue weighted by Crippen LogP contribution is -2.29. The number of allylic oxidation sites excluding steroid dienone is 2. The molecule has 0 aromatic rings. The molecule has 0 radical (unpaired) electrons. The van der Waals surface area contributed by atoms with Gasteiger partial charge in [-0.3, -0.25) is 0 Å². The zero-order chi connectivity index (χ0) is 8.55. The minimum Gasteiger partial charge on any atom is -0.198 e. The van der Waals surface area contributed by atoms with Crippen molar-refractivity contribution in [3.8, 4) is 6.07 Å². The lowest BCUT2D eigenvalue weighted by atomic mass is 9.71. The summed E-state index contributed by atoms with van der Waals surface area (Å²) < 4.78 is 0. The second kappa shape index (κ2) is 3.11. The molecule has 1 fully saturated rings. The summed E-state index contributed by atoms with van der Waals surface area (Å²) in [6, 6.07) is 2.36. The van der Waals surface area contributed by atoms with Gasteiger partial charge in [-0.15, -0.1) is 11.6 Å². The number of nitriles is 1. The van der Waals surface area contributed by atoms with Crippen molar-refractivity contribution in [2.45, 2.75) is 24.6 Å². The molecule has 2 aliphatic carbocycles. The number of nitrogens with zero attached hydrogens (tertiary/aromatic N) is 1. The van der Waals surface area contributed by atoms with Gasteiger partial charge in [0.2, 0.25) is 0 Å². The smallest absolute Gasteiger partial charge is 0.0656 e. The molecular weight excluding hydrogens is 170 g/mol. The van der Waals surface area contributed by atoms with Crippen LogP contribution in [0.4, 0.5) is 0 Å². The highest BCUT2D eigenvalue weighted by molar-refractivity contribution is 6.22. The van der Waals surface area contributed by atoms with Crippen LogP contribution < -0.4 is 0 Å². The number of halogens is 1. The van der Waals surface area contributed by atoms with Crippen molar-refractivity contribution >= 4 is 11.6 Å². The van der Waals surface area contributed by atoms with E-state index in [1.807, 2.05) is 0 Å². The standard InChI is InChI=1S/C10H12ClN/c11-10-2-1-7-3-8(6-12)5-9(10)4-7/h1-2,7-10H,3-5H2. The normalized spacial score (nSPS) is 45.3. The molecular formula is C10H12ClN. The van der Waals surface area contributed by atoms with Crippen molar-refractivity contribution in [2.24, 2.45) is 17.8 Å². The van der Waals surface area contributed by atoms with Crippen LogP contribution in [0.25, 0.3) is 0 Å². The van der Waals surface area contributed by atoms with Gasteiger partial charge in [0.05, 0.1) is 11.4 Å². The van der Waals surface area contributed by atoms with E-state index < -0.39 is 0 Å². The van der Waals surface area contributed by atoms with Crippen molar-refractivity contribution in [1.29, 1.82) is 5.26 Å². The van der Waals surface area contributed by atoms with Crippen LogP contribution in [0.1, 0.15) is 19.3 Å². The summed E-state index contributed by atoms with van der Waals surface area (Å²) in [5.41, 5.74) is 0. The molecule has 0 N–H and O–H groups in total. The zero-order valence-electron chi connectivity index (χ0n) is 6.91. The molecule has 0 amide bonds. The second-order valence-electron chi connectivity index (χ2n) is 3.88. The molecule has 0 aromatic heterocycles. The summed E-state index contributed by atoms with van der Waals surface area (Å²) in [4.78, 5) is 0. The Morgan fingerprint density at radius 1 is 1.25 bits per heavy atom. The number of hydrogen-bond acceptors (Lipinski definition) is 1. The zero-order valence-corrected chi connectivity index (χ0v) is 7.67. The lowest BCUT2D eigenvalue weighted by molar-refractivity contribution is 0.252. The Morgan fingerprint density at radius 2 is 2.08 bits per heavy atom. The fourth-order valence-corrected chi connectivity index (χ4v) is 2.64. The van der Waals surface area contributed by atoms with E-state index in [1.54, 1.807) is 0 Å². The van der Waals surface area contributed by atoms with Crippen LogP contribution in [-0.2, 0) is 0 Å². The van der Waals surface area contributed by atoms with Gasteiger partial charge >= 0.3 is 0 Å². The first-order chi connectivity index (χ1) is 5.79. The summed E-state index contributed by atoms with van der Waals surface area (Å²) in [6.45, 7) is 0. The van der Waals surface area contributed by atoms with E-state index in [1.165, 1.54) is 6.42 Å². The van der Waals surface area contributed by atoms with E-state index in [0.29, 0.717) is 11.8 Å². The Hall–Kier alpha value is -0.480. The maximum atomic E-state index is 8.82. The molecule has 0 heterocycles. The number of rotatable bonds is 0. The number of alkyl halides is 1. The average molecular weight is 182 g/mol. The summed E-state index contributed by atoms with van der Waals surface area (Å²) in [5, 5.41) is 8.99. The molecule has 1 nitrogen and oxygen atoms in total. The van der Waals surface area contributed by atoms with Crippen LogP contribution in [0.2, 0.25) is 0 Å². The summed E-state index contributed by atoms with van der Waals surface area (Å²) in [5.74, 6) is 1.43. The minimum atomic E-state index is 0.178. The van der Waals surface area contributed by atoms with Gasteiger partial charge in [0.15, 0.2) is 0 Å². The lowest BCUT2D eigenvalue weighted by Gasteiger charge is -2.35. The van der Waals surface area contributed by atoms with Crippen LogP contribution in [0, 0.1) is 29.1 Å². The highest BCUT2D eigenvalue weighted by Crippen LogP contribution is 2.40. The van der Waals surface area contributed by atoms with Crippen LogP contribution in [0.3, 0.4) is 0 Å². The third-order valence-corrected chi connectivity index (χ3v) is 3.48. The summed E-state index contributed by atoms with van der Waals surface area (Å²) in [7, 11) is 0. The van der Waals surface area contributed by atoms with Gasteiger partial charge < -0.3 is 0 Å². The van der Waals surface area contributed by atoms with Gasteiger partial charge in [0, 0.05) is 5.92 Å². The fraction of sp³-hybridized carbons (Fsp3) is 0.700. The summed E-state index contributed by atoms with van der Waals surface area (Å²) in [6.07, 6.45) is 7.55.